The monoisotopic (exact) mass is 400 g/mol. The van der Waals surface area contributed by atoms with E-state index >= 15 is 0 Å². The van der Waals surface area contributed by atoms with Crippen molar-refractivity contribution in [3.8, 4) is 11.5 Å². The number of carbonyl (C=O) groups excluding carboxylic acids is 1. The molecule has 0 fully saturated rings. The Morgan fingerprint density at radius 1 is 1.21 bits per heavy atom. The van der Waals surface area contributed by atoms with Crippen LogP contribution in [0.4, 0.5) is 0 Å². The van der Waals surface area contributed by atoms with Gasteiger partial charge in [0.25, 0.3) is 11.5 Å². The molecule has 0 saturated heterocycles. The van der Waals surface area contributed by atoms with Crippen LogP contribution in [0.15, 0.2) is 35.3 Å². The third-order valence-electron chi connectivity index (χ3n) is 4.61. The van der Waals surface area contributed by atoms with Crippen molar-refractivity contribution >= 4 is 27.3 Å². The topological polar surface area (TPSA) is 69.6 Å². The first-order valence-corrected chi connectivity index (χ1v) is 9.93. The van der Waals surface area contributed by atoms with Crippen molar-refractivity contribution in [2.45, 2.75) is 33.4 Å². The summed E-state index contributed by atoms with van der Waals surface area (Å²) in [7, 11) is 3.17. The molecular formula is C21H24N2O4S. The van der Waals surface area contributed by atoms with Crippen LogP contribution < -0.4 is 20.3 Å². The molecule has 1 amide bonds. The van der Waals surface area contributed by atoms with E-state index in [1.165, 1.54) is 11.3 Å². The molecule has 0 radical (unpaired) electrons. The summed E-state index contributed by atoms with van der Waals surface area (Å²) in [5, 5.41) is 3.42. The summed E-state index contributed by atoms with van der Waals surface area (Å²) in [6, 6.07) is 7.34. The Hall–Kier alpha value is -2.80. The van der Waals surface area contributed by atoms with E-state index in [0.29, 0.717) is 29.0 Å². The van der Waals surface area contributed by atoms with Crippen molar-refractivity contribution in [1.29, 1.82) is 0 Å². The molecular weight excluding hydrogens is 376 g/mol. The van der Waals surface area contributed by atoms with E-state index in [0.717, 1.165) is 21.6 Å². The van der Waals surface area contributed by atoms with Crippen LogP contribution in [0.1, 0.15) is 34.1 Å². The average Bonchev–Trinajstić information content (AvgIpc) is 3.05. The van der Waals surface area contributed by atoms with Crippen molar-refractivity contribution in [3.05, 3.63) is 56.8 Å². The second kappa shape index (κ2) is 8.48. The average molecular weight is 401 g/mol. The summed E-state index contributed by atoms with van der Waals surface area (Å²) < 4.78 is 13.1. The van der Waals surface area contributed by atoms with Gasteiger partial charge < -0.3 is 19.4 Å². The fourth-order valence-corrected chi connectivity index (χ4v) is 4.29. The SMILES string of the molecule is CCCn1ccc2sc(C)c(C(=O)NCc3cc(OC)ccc3OC)c2c1=O. The van der Waals surface area contributed by atoms with Gasteiger partial charge in [-0.3, -0.25) is 9.59 Å². The summed E-state index contributed by atoms with van der Waals surface area (Å²) in [5.41, 5.74) is 1.14. The summed E-state index contributed by atoms with van der Waals surface area (Å²) >= 11 is 1.46. The molecule has 0 unspecified atom stereocenters. The molecule has 0 saturated carbocycles. The van der Waals surface area contributed by atoms with Crippen LogP contribution >= 0.6 is 11.3 Å². The Kier molecular flexibility index (Phi) is 6.04. The first kappa shape index (κ1) is 19.9. The van der Waals surface area contributed by atoms with E-state index in [9.17, 15) is 9.59 Å². The number of pyridine rings is 1. The van der Waals surface area contributed by atoms with Crippen LogP contribution in [0.25, 0.3) is 10.1 Å². The lowest BCUT2D eigenvalue weighted by molar-refractivity contribution is 0.0952. The number of fused-ring (bicyclic) bond motifs is 1. The number of benzene rings is 1. The molecule has 3 rings (SSSR count). The molecule has 0 spiro atoms. The van der Waals surface area contributed by atoms with E-state index in [4.69, 9.17) is 9.47 Å². The lowest BCUT2D eigenvalue weighted by atomic mass is 10.1. The molecule has 148 valence electrons. The lowest BCUT2D eigenvalue weighted by Gasteiger charge is -2.12. The second-order valence-corrected chi connectivity index (χ2v) is 7.70. The number of hydrogen-bond donors (Lipinski definition) is 1. The first-order valence-electron chi connectivity index (χ1n) is 9.11. The highest BCUT2D eigenvalue weighted by molar-refractivity contribution is 7.19. The van der Waals surface area contributed by atoms with Crippen LogP contribution in [-0.2, 0) is 13.1 Å². The van der Waals surface area contributed by atoms with Crippen molar-refractivity contribution in [2.24, 2.45) is 0 Å². The molecule has 0 aliphatic carbocycles. The van der Waals surface area contributed by atoms with Gasteiger partial charge in [0.2, 0.25) is 0 Å². The van der Waals surface area contributed by atoms with Gasteiger partial charge in [-0.25, -0.2) is 0 Å². The predicted octanol–water partition coefficient (Wildman–Crippen LogP) is 3.73. The van der Waals surface area contributed by atoms with Crippen LogP contribution in [0, 0.1) is 6.92 Å². The Morgan fingerprint density at radius 3 is 2.68 bits per heavy atom. The van der Waals surface area contributed by atoms with Gasteiger partial charge in [0, 0.05) is 34.4 Å². The lowest BCUT2D eigenvalue weighted by Crippen LogP contribution is -2.26. The Labute approximate surface area is 167 Å². The van der Waals surface area contributed by atoms with Gasteiger partial charge in [-0.05, 0) is 37.6 Å². The Morgan fingerprint density at radius 2 is 2.00 bits per heavy atom. The minimum absolute atomic E-state index is 0.118. The minimum Gasteiger partial charge on any atom is -0.497 e. The molecule has 28 heavy (non-hydrogen) atoms. The molecule has 3 aromatic rings. The maximum absolute atomic E-state index is 13.0. The van der Waals surface area contributed by atoms with Crippen molar-refractivity contribution < 1.29 is 14.3 Å². The van der Waals surface area contributed by atoms with Gasteiger partial charge >= 0.3 is 0 Å². The summed E-state index contributed by atoms with van der Waals surface area (Å²) in [4.78, 5) is 26.7. The fraction of sp³-hybridized carbons (Fsp3) is 0.333. The van der Waals surface area contributed by atoms with Crippen LogP contribution in [0.2, 0.25) is 0 Å². The number of aryl methyl sites for hydroxylation is 2. The highest BCUT2D eigenvalue weighted by atomic mass is 32.1. The third-order valence-corrected chi connectivity index (χ3v) is 5.68. The number of ether oxygens (including phenoxy) is 2. The first-order chi connectivity index (χ1) is 13.5. The summed E-state index contributed by atoms with van der Waals surface area (Å²) in [6.45, 7) is 4.79. The number of aromatic nitrogens is 1. The van der Waals surface area contributed by atoms with Gasteiger partial charge in [0.1, 0.15) is 11.5 Å². The standard InChI is InChI=1S/C21H24N2O4S/c1-5-9-23-10-8-17-19(21(23)25)18(13(2)28-17)20(24)22-12-14-11-15(26-3)6-7-16(14)27-4/h6-8,10-11H,5,9,12H2,1-4H3,(H,22,24). The molecule has 0 bridgehead atoms. The summed E-state index contributed by atoms with van der Waals surface area (Å²) in [5.74, 6) is 1.09. The van der Waals surface area contributed by atoms with Crippen LogP contribution in [0.5, 0.6) is 11.5 Å². The predicted molar refractivity (Wildman–Crippen MR) is 112 cm³/mol. The summed E-state index contributed by atoms with van der Waals surface area (Å²) in [6.07, 6.45) is 2.65. The molecule has 0 aliphatic rings. The molecule has 7 heteroatoms. The van der Waals surface area contributed by atoms with Crippen molar-refractivity contribution in [2.75, 3.05) is 14.2 Å². The normalized spacial score (nSPS) is 10.9. The van der Waals surface area contributed by atoms with E-state index in [2.05, 4.69) is 5.32 Å². The minimum atomic E-state index is -0.264. The van der Waals surface area contributed by atoms with Crippen molar-refractivity contribution in [1.82, 2.24) is 9.88 Å². The van der Waals surface area contributed by atoms with Gasteiger partial charge in [-0.2, -0.15) is 0 Å². The zero-order chi connectivity index (χ0) is 20.3. The number of thiophene rings is 1. The molecule has 1 N–H and O–H groups in total. The van der Waals surface area contributed by atoms with Gasteiger partial charge in [0.15, 0.2) is 0 Å². The van der Waals surface area contributed by atoms with Crippen LogP contribution in [-0.4, -0.2) is 24.7 Å². The molecule has 0 aliphatic heterocycles. The number of hydrogen-bond acceptors (Lipinski definition) is 5. The largest absolute Gasteiger partial charge is 0.497 e. The molecule has 2 heterocycles. The van der Waals surface area contributed by atoms with Gasteiger partial charge in [0.05, 0.1) is 25.2 Å². The smallest absolute Gasteiger partial charge is 0.260 e. The number of rotatable bonds is 7. The Bertz CT molecular complexity index is 1070. The maximum Gasteiger partial charge on any atom is 0.260 e. The van der Waals surface area contributed by atoms with E-state index in [1.807, 2.05) is 26.0 Å². The third kappa shape index (κ3) is 3.75. The molecule has 1 aromatic carbocycles. The van der Waals surface area contributed by atoms with Gasteiger partial charge in [-0.15, -0.1) is 11.3 Å². The molecule has 6 nitrogen and oxygen atoms in total. The molecule has 2 aromatic heterocycles. The van der Waals surface area contributed by atoms with E-state index < -0.39 is 0 Å². The number of nitrogens with zero attached hydrogens (tertiary/aromatic N) is 1. The highest BCUT2D eigenvalue weighted by Crippen LogP contribution is 2.29. The van der Waals surface area contributed by atoms with Crippen LogP contribution in [0.3, 0.4) is 0 Å². The maximum atomic E-state index is 13.0. The number of amides is 1. The number of carbonyl (C=O) groups is 1. The number of nitrogens with one attached hydrogen (secondary N) is 1. The zero-order valence-corrected chi connectivity index (χ0v) is 17.3. The second-order valence-electron chi connectivity index (χ2n) is 6.45. The van der Waals surface area contributed by atoms with E-state index in [1.54, 1.807) is 37.1 Å². The molecule has 0 atom stereocenters. The van der Waals surface area contributed by atoms with Gasteiger partial charge in [-0.1, -0.05) is 6.92 Å². The highest BCUT2D eigenvalue weighted by Gasteiger charge is 2.20. The van der Waals surface area contributed by atoms with Crippen molar-refractivity contribution in [3.63, 3.8) is 0 Å². The Balaban J connectivity index is 1.93. The quantitative estimate of drug-likeness (QED) is 0.656. The number of methoxy groups -OCH3 is 2. The van der Waals surface area contributed by atoms with E-state index in [-0.39, 0.29) is 18.0 Å². The zero-order valence-electron chi connectivity index (χ0n) is 16.5. The fourth-order valence-electron chi connectivity index (χ4n) is 3.24.